The molecule has 3 unspecified atom stereocenters. The van der Waals surface area contributed by atoms with E-state index in [9.17, 15) is 14.7 Å². The second-order valence-corrected chi connectivity index (χ2v) is 5.89. The SMILES string of the molecule is CCC(C)N(C)C(=O)NC1(C(=O)O)CCCC(C)C1. The fraction of sp³-hybridized carbons (Fsp3) is 0.857. The summed E-state index contributed by atoms with van der Waals surface area (Å²) in [5.41, 5.74) is -1.09. The summed E-state index contributed by atoms with van der Waals surface area (Å²) >= 11 is 0. The van der Waals surface area contributed by atoms with E-state index in [-0.39, 0.29) is 12.1 Å². The summed E-state index contributed by atoms with van der Waals surface area (Å²) in [6.45, 7) is 6.00. The van der Waals surface area contributed by atoms with Gasteiger partial charge in [0.25, 0.3) is 0 Å². The number of aliphatic carboxylic acids is 1. The normalized spacial score (nSPS) is 28.5. The number of amides is 2. The summed E-state index contributed by atoms with van der Waals surface area (Å²) in [5.74, 6) is -0.580. The topological polar surface area (TPSA) is 69.6 Å². The Balaban J connectivity index is 2.79. The smallest absolute Gasteiger partial charge is 0.329 e. The lowest BCUT2D eigenvalue weighted by Crippen LogP contribution is -2.60. The molecule has 1 fully saturated rings. The minimum absolute atomic E-state index is 0.104. The maximum absolute atomic E-state index is 12.2. The Morgan fingerprint density at radius 1 is 1.53 bits per heavy atom. The summed E-state index contributed by atoms with van der Waals surface area (Å²) in [6.07, 6.45) is 3.77. The van der Waals surface area contributed by atoms with Crippen LogP contribution in [-0.2, 0) is 4.79 Å². The van der Waals surface area contributed by atoms with Crippen LogP contribution in [-0.4, -0.2) is 40.6 Å². The number of hydrogen-bond donors (Lipinski definition) is 2. The summed E-state index contributed by atoms with van der Waals surface area (Å²) in [4.78, 5) is 25.4. The molecule has 1 rings (SSSR count). The highest BCUT2D eigenvalue weighted by Gasteiger charge is 2.43. The molecule has 1 saturated carbocycles. The van der Waals surface area contributed by atoms with Crippen molar-refractivity contribution in [1.82, 2.24) is 10.2 Å². The van der Waals surface area contributed by atoms with Gasteiger partial charge in [-0.15, -0.1) is 0 Å². The third-order valence-corrected chi connectivity index (χ3v) is 4.33. The Morgan fingerprint density at radius 2 is 2.16 bits per heavy atom. The molecule has 5 nitrogen and oxygen atoms in total. The van der Waals surface area contributed by atoms with Gasteiger partial charge in [0.1, 0.15) is 5.54 Å². The first kappa shape index (κ1) is 15.8. The Labute approximate surface area is 115 Å². The molecule has 110 valence electrons. The van der Waals surface area contributed by atoms with E-state index in [1.165, 1.54) is 0 Å². The number of nitrogens with zero attached hydrogens (tertiary/aromatic N) is 1. The quantitative estimate of drug-likeness (QED) is 0.824. The molecule has 0 radical (unpaired) electrons. The van der Waals surface area contributed by atoms with E-state index in [2.05, 4.69) is 5.32 Å². The molecule has 0 spiro atoms. The Bertz CT molecular complexity index is 346. The minimum atomic E-state index is -1.09. The average Bonchev–Trinajstić information content (AvgIpc) is 2.36. The Kier molecular flexibility index (Phi) is 5.20. The van der Waals surface area contributed by atoms with Crippen molar-refractivity contribution >= 4 is 12.0 Å². The molecule has 2 N–H and O–H groups in total. The van der Waals surface area contributed by atoms with Gasteiger partial charge in [0.05, 0.1) is 0 Å². The Morgan fingerprint density at radius 3 is 2.63 bits per heavy atom. The zero-order chi connectivity index (χ0) is 14.6. The molecule has 0 aromatic rings. The average molecular weight is 270 g/mol. The van der Waals surface area contributed by atoms with Crippen LogP contribution in [0.5, 0.6) is 0 Å². The molecule has 0 heterocycles. The predicted octanol–water partition coefficient (Wildman–Crippen LogP) is 2.46. The van der Waals surface area contributed by atoms with Gasteiger partial charge in [0.15, 0.2) is 0 Å². The van der Waals surface area contributed by atoms with Crippen molar-refractivity contribution in [2.24, 2.45) is 5.92 Å². The van der Waals surface area contributed by atoms with Gasteiger partial charge in [-0.1, -0.05) is 26.7 Å². The van der Waals surface area contributed by atoms with E-state index in [1.807, 2.05) is 20.8 Å². The third kappa shape index (κ3) is 3.61. The first-order chi connectivity index (χ1) is 8.82. The number of carboxylic acid groups (broad SMARTS) is 1. The van der Waals surface area contributed by atoms with Gasteiger partial charge in [0.2, 0.25) is 0 Å². The van der Waals surface area contributed by atoms with E-state index >= 15 is 0 Å². The molecule has 1 aliphatic carbocycles. The highest BCUT2D eigenvalue weighted by Crippen LogP contribution is 2.32. The second kappa shape index (κ2) is 6.26. The van der Waals surface area contributed by atoms with Gasteiger partial charge < -0.3 is 15.3 Å². The molecule has 5 heteroatoms. The van der Waals surface area contributed by atoms with E-state index < -0.39 is 11.5 Å². The number of carboxylic acids is 1. The molecular formula is C14H26N2O3. The number of nitrogens with one attached hydrogen (secondary N) is 1. The summed E-state index contributed by atoms with van der Waals surface area (Å²) < 4.78 is 0. The molecule has 0 bridgehead atoms. The predicted molar refractivity (Wildman–Crippen MR) is 74.0 cm³/mol. The second-order valence-electron chi connectivity index (χ2n) is 5.89. The number of hydrogen-bond acceptors (Lipinski definition) is 2. The molecule has 2 amide bonds. The van der Waals surface area contributed by atoms with Crippen molar-refractivity contribution in [3.63, 3.8) is 0 Å². The molecule has 0 saturated heterocycles. The van der Waals surface area contributed by atoms with Crippen molar-refractivity contribution in [2.75, 3.05) is 7.05 Å². The monoisotopic (exact) mass is 270 g/mol. The van der Waals surface area contributed by atoms with Crippen LogP contribution in [0.1, 0.15) is 52.9 Å². The van der Waals surface area contributed by atoms with Crippen LogP contribution in [0.2, 0.25) is 0 Å². The summed E-state index contributed by atoms with van der Waals surface area (Å²) in [6, 6.07) is -0.183. The lowest BCUT2D eigenvalue weighted by Gasteiger charge is -2.38. The molecule has 0 aromatic heterocycles. The van der Waals surface area contributed by atoms with E-state index in [0.29, 0.717) is 18.8 Å². The van der Waals surface area contributed by atoms with Gasteiger partial charge in [0, 0.05) is 13.1 Å². The van der Waals surface area contributed by atoms with Gasteiger partial charge in [-0.05, 0) is 32.1 Å². The zero-order valence-electron chi connectivity index (χ0n) is 12.4. The first-order valence-electron chi connectivity index (χ1n) is 7.10. The van der Waals surface area contributed by atoms with Crippen LogP contribution in [0.4, 0.5) is 4.79 Å². The fourth-order valence-electron chi connectivity index (χ4n) is 2.68. The lowest BCUT2D eigenvalue weighted by atomic mass is 9.76. The fourth-order valence-corrected chi connectivity index (χ4v) is 2.68. The van der Waals surface area contributed by atoms with Crippen molar-refractivity contribution in [2.45, 2.75) is 64.5 Å². The van der Waals surface area contributed by atoms with Crippen LogP contribution in [0.25, 0.3) is 0 Å². The maximum atomic E-state index is 12.2. The van der Waals surface area contributed by atoms with Gasteiger partial charge in [-0.25, -0.2) is 9.59 Å². The molecular weight excluding hydrogens is 244 g/mol. The van der Waals surface area contributed by atoms with Crippen molar-refractivity contribution in [1.29, 1.82) is 0 Å². The number of carbonyl (C=O) groups excluding carboxylic acids is 1. The van der Waals surface area contributed by atoms with Gasteiger partial charge >= 0.3 is 12.0 Å². The van der Waals surface area contributed by atoms with Crippen LogP contribution in [0, 0.1) is 5.92 Å². The van der Waals surface area contributed by atoms with Crippen molar-refractivity contribution < 1.29 is 14.7 Å². The van der Waals surface area contributed by atoms with E-state index in [1.54, 1.807) is 11.9 Å². The van der Waals surface area contributed by atoms with E-state index in [0.717, 1.165) is 19.3 Å². The third-order valence-electron chi connectivity index (χ3n) is 4.33. The number of carbonyl (C=O) groups is 2. The Hall–Kier alpha value is -1.26. The number of urea groups is 1. The molecule has 19 heavy (non-hydrogen) atoms. The van der Waals surface area contributed by atoms with Crippen LogP contribution < -0.4 is 5.32 Å². The van der Waals surface area contributed by atoms with Crippen LogP contribution in [0.3, 0.4) is 0 Å². The maximum Gasteiger partial charge on any atom is 0.329 e. The highest BCUT2D eigenvalue weighted by atomic mass is 16.4. The largest absolute Gasteiger partial charge is 0.480 e. The van der Waals surface area contributed by atoms with Gasteiger partial charge in [-0.2, -0.15) is 0 Å². The summed E-state index contributed by atoms with van der Waals surface area (Å²) in [5, 5.41) is 12.3. The van der Waals surface area contributed by atoms with E-state index in [4.69, 9.17) is 0 Å². The highest BCUT2D eigenvalue weighted by molar-refractivity contribution is 5.86. The molecule has 0 aromatic carbocycles. The van der Waals surface area contributed by atoms with Crippen LogP contribution >= 0.6 is 0 Å². The molecule has 0 aliphatic heterocycles. The summed E-state index contributed by atoms with van der Waals surface area (Å²) in [7, 11) is 1.71. The van der Waals surface area contributed by atoms with Gasteiger partial charge in [-0.3, -0.25) is 0 Å². The van der Waals surface area contributed by atoms with Crippen molar-refractivity contribution in [3.05, 3.63) is 0 Å². The standard InChI is InChI=1S/C14H26N2O3/c1-5-11(3)16(4)13(19)15-14(12(17)18)8-6-7-10(2)9-14/h10-11H,5-9H2,1-4H3,(H,15,19)(H,17,18). The minimum Gasteiger partial charge on any atom is -0.480 e. The van der Waals surface area contributed by atoms with Crippen molar-refractivity contribution in [3.8, 4) is 0 Å². The molecule has 1 aliphatic rings. The number of rotatable bonds is 4. The zero-order valence-corrected chi connectivity index (χ0v) is 12.4. The first-order valence-corrected chi connectivity index (χ1v) is 7.10. The lowest BCUT2D eigenvalue weighted by molar-refractivity contribution is -0.146. The molecule has 3 atom stereocenters. The van der Waals surface area contributed by atoms with Crippen LogP contribution in [0.15, 0.2) is 0 Å².